The highest BCUT2D eigenvalue weighted by Gasteiger charge is 2.26. The number of anilines is 2. The molecule has 224 valence electrons. The van der Waals surface area contributed by atoms with E-state index in [2.05, 4.69) is 30.2 Å². The quantitative estimate of drug-likeness (QED) is 0.381. The van der Waals surface area contributed by atoms with Gasteiger partial charge in [0.2, 0.25) is 5.95 Å². The molecule has 12 nitrogen and oxygen atoms in total. The number of pyridine rings is 1. The van der Waals surface area contributed by atoms with Gasteiger partial charge in [-0.3, -0.25) is 9.88 Å². The SMILES string of the molecule is CC(C)(C)OC(=O)COc1cccc(Nc2ncnc(-c3ccnc(CN4CCN(C(=O)OC(C)(C)C)CC4)c3)n2)c1. The van der Waals surface area contributed by atoms with Crippen molar-refractivity contribution in [2.45, 2.75) is 59.3 Å². The molecule has 0 spiro atoms. The highest BCUT2D eigenvalue weighted by Crippen LogP contribution is 2.22. The summed E-state index contributed by atoms with van der Waals surface area (Å²) in [6.45, 7) is 14.1. The fourth-order valence-electron chi connectivity index (χ4n) is 4.15. The molecular weight excluding hydrogens is 538 g/mol. The summed E-state index contributed by atoms with van der Waals surface area (Å²) < 4.78 is 16.4. The number of ether oxygens (including phenoxy) is 3. The number of piperazine rings is 1. The second-order valence-corrected chi connectivity index (χ2v) is 11.9. The molecule has 0 atom stereocenters. The lowest BCUT2D eigenvalue weighted by Crippen LogP contribution is -2.49. The molecule has 0 radical (unpaired) electrons. The summed E-state index contributed by atoms with van der Waals surface area (Å²) in [6, 6.07) is 11.0. The minimum Gasteiger partial charge on any atom is -0.482 e. The van der Waals surface area contributed by atoms with Gasteiger partial charge in [0.05, 0.1) is 5.69 Å². The normalized spacial score (nSPS) is 14.3. The monoisotopic (exact) mass is 577 g/mol. The maximum atomic E-state index is 12.4. The van der Waals surface area contributed by atoms with Crippen LogP contribution in [-0.4, -0.2) is 85.8 Å². The number of nitrogens with zero attached hydrogens (tertiary/aromatic N) is 6. The van der Waals surface area contributed by atoms with E-state index in [0.29, 0.717) is 42.8 Å². The van der Waals surface area contributed by atoms with Crippen LogP contribution in [0.1, 0.15) is 47.2 Å². The van der Waals surface area contributed by atoms with Crippen LogP contribution in [0, 0.1) is 0 Å². The Bertz CT molecular complexity index is 1380. The molecule has 1 N–H and O–H groups in total. The van der Waals surface area contributed by atoms with E-state index in [1.807, 2.05) is 59.7 Å². The summed E-state index contributed by atoms with van der Waals surface area (Å²) in [7, 11) is 0. The topological polar surface area (TPSA) is 132 Å². The number of hydrogen-bond donors (Lipinski definition) is 1. The lowest BCUT2D eigenvalue weighted by Gasteiger charge is -2.35. The van der Waals surface area contributed by atoms with Crippen molar-refractivity contribution in [1.82, 2.24) is 29.7 Å². The van der Waals surface area contributed by atoms with Crippen LogP contribution in [0.3, 0.4) is 0 Å². The van der Waals surface area contributed by atoms with E-state index < -0.39 is 17.2 Å². The van der Waals surface area contributed by atoms with Crippen LogP contribution in [0.2, 0.25) is 0 Å². The van der Waals surface area contributed by atoms with Gasteiger partial charge in [0.15, 0.2) is 12.4 Å². The summed E-state index contributed by atoms with van der Waals surface area (Å²) in [4.78, 5) is 46.1. The van der Waals surface area contributed by atoms with Crippen molar-refractivity contribution in [3.8, 4) is 17.1 Å². The molecule has 1 saturated heterocycles. The first-order valence-electron chi connectivity index (χ1n) is 13.9. The molecule has 4 rings (SSSR count). The zero-order valence-corrected chi connectivity index (χ0v) is 25.1. The van der Waals surface area contributed by atoms with Crippen molar-refractivity contribution in [3.63, 3.8) is 0 Å². The van der Waals surface area contributed by atoms with Gasteiger partial charge in [-0.05, 0) is 65.8 Å². The van der Waals surface area contributed by atoms with Gasteiger partial charge in [0.1, 0.15) is 23.3 Å². The summed E-state index contributed by atoms with van der Waals surface area (Å²) in [5, 5.41) is 3.16. The standard InChI is InChI=1S/C30H39N7O5/c1-29(2,3)41-25(38)19-40-24-9-7-8-22(17-24)34-27-33-20-32-26(35-27)21-10-11-31-23(16-21)18-36-12-14-37(15-13-36)28(39)42-30(4,5)6/h7-11,16-17,20H,12-15,18-19H2,1-6H3,(H,32,33,34,35). The van der Waals surface area contributed by atoms with Crippen molar-refractivity contribution in [1.29, 1.82) is 0 Å². The molecule has 12 heteroatoms. The molecule has 1 amide bonds. The molecule has 2 aromatic heterocycles. The maximum Gasteiger partial charge on any atom is 0.410 e. The number of carbonyl (C=O) groups is 2. The van der Waals surface area contributed by atoms with Crippen LogP contribution in [0.25, 0.3) is 11.4 Å². The highest BCUT2D eigenvalue weighted by atomic mass is 16.6. The first-order valence-corrected chi connectivity index (χ1v) is 13.9. The Hall–Kier alpha value is -4.32. The van der Waals surface area contributed by atoms with Crippen LogP contribution in [0.15, 0.2) is 48.9 Å². The van der Waals surface area contributed by atoms with Gasteiger partial charge in [-0.2, -0.15) is 4.98 Å². The Balaban J connectivity index is 1.34. The first kappa shape index (κ1) is 30.6. The van der Waals surface area contributed by atoms with E-state index >= 15 is 0 Å². The number of aromatic nitrogens is 4. The van der Waals surface area contributed by atoms with Gasteiger partial charge in [0.25, 0.3) is 0 Å². The summed E-state index contributed by atoms with van der Waals surface area (Å²) in [5.41, 5.74) is 1.30. The van der Waals surface area contributed by atoms with E-state index in [0.717, 1.165) is 24.3 Å². The molecule has 0 saturated carbocycles. The number of esters is 1. The second-order valence-electron chi connectivity index (χ2n) is 11.9. The molecule has 1 aliphatic heterocycles. The van der Waals surface area contributed by atoms with E-state index in [1.54, 1.807) is 29.3 Å². The Morgan fingerprint density at radius 1 is 0.905 bits per heavy atom. The molecule has 1 fully saturated rings. The molecule has 3 aromatic rings. The second kappa shape index (κ2) is 13.1. The third kappa shape index (κ3) is 9.65. The van der Waals surface area contributed by atoms with Crippen LogP contribution < -0.4 is 10.1 Å². The Morgan fingerprint density at radius 3 is 2.36 bits per heavy atom. The molecule has 1 aliphatic rings. The van der Waals surface area contributed by atoms with Gasteiger partial charge in [0, 0.05) is 56.2 Å². The van der Waals surface area contributed by atoms with E-state index in [4.69, 9.17) is 14.2 Å². The smallest absolute Gasteiger partial charge is 0.410 e. The number of hydrogen-bond acceptors (Lipinski definition) is 11. The van der Waals surface area contributed by atoms with Gasteiger partial charge in [-0.25, -0.2) is 19.6 Å². The molecule has 42 heavy (non-hydrogen) atoms. The average Bonchev–Trinajstić information content (AvgIpc) is 2.91. The first-order chi connectivity index (χ1) is 19.8. The number of rotatable bonds is 8. The third-order valence-electron chi connectivity index (χ3n) is 5.92. The van der Waals surface area contributed by atoms with Crippen molar-refractivity contribution in [3.05, 3.63) is 54.6 Å². The zero-order chi connectivity index (χ0) is 30.3. The number of carbonyl (C=O) groups excluding carboxylic acids is 2. The lowest BCUT2D eigenvalue weighted by atomic mass is 10.2. The predicted molar refractivity (Wildman–Crippen MR) is 157 cm³/mol. The van der Waals surface area contributed by atoms with Crippen LogP contribution >= 0.6 is 0 Å². The zero-order valence-electron chi connectivity index (χ0n) is 25.1. The lowest BCUT2D eigenvalue weighted by molar-refractivity contribution is -0.157. The minimum atomic E-state index is -0.575. The largest absolute Gasteiger partial charge is 0.482 e. The number of nitrogens with one attached hydrogen (secondary N) is 1. The Morgan fingerprint density at radius 2 is 1.64 bits per heavy atom. The van der Waals surface area contributed by atoms with Crippen molar-refractivity contribution in [2.24, 2.45) is 0 Å². The third-order valence-corrected chi connectivity index (χ3v) is 5.92. The average molecular weight is 578 g/mol. The Kier molecular flexibility index (Phi) is 9.56. The Labute approximate surface area is 246 Å². The minimum absolute atomic E-state index is 0.194. The van der Waals surface area contributed by atoms with Gasteiger partial charge in [-0.1, -0.05) is 6.07 Å². The van der Waals surface area contributed by atoms with E-state index in [1.165, 1.54) is 6.33 Å². The fourth-order valence-corrected chi connectivity index (χ4v) is 4.15. The summed E-state index contributed by atoms with van der Waals surface area (Å²) in [5.74, 6) is 0.928. The van der Waals surface area contributed by atoms with Crippen LogP contribution in [0.5, 0.6) is 5.75 Å². The van der Waals surface area contributed by atoms with Crippen molar-refractivity contribution in [2.75, 3.05) is 38.1 Å². The maximum absolute atomic E-state index is 12.4. The van der Waals surface area contributed by atoms with E-state index in [9.17, 15) is 9.59 Å². The van der Waals surface area contributed by atoms with Gasteiger partial charge < -0.3 is 24.4 Å². The van der Waals surface area contributed by atoms with Crippen LogP contribution in [0.4, 0.5) is 16.4 Å². The molecule has 0 unspecified atom stereocenters. The highest BCUT2D eigenvalue weighted by molar-refractivity contribution is 5.71. The van der Waals surface area contributed by atoms with Gasteiger partial charge in [-0.15, -0.1) is 0 Å². The van der Waals surface area contributed by atoms with E-state index in [-0.39, 0.29) is 12.7 Å². The predicted octanol–water partition coefficient (Wildman–Crippen LogP) is 4.45. The number of benzene rings is 1. The molecule has 0 aliphatic carbocycles. The molecule has 1 aromatic carbocycles. The number of amides is 1. The summed E-state index contributed by atoms with van der Waals surface area (Å²) in [6.07, 6.45) is 2.91. The van der Waals surface area contributed by atoms with Crippen molar-refractivity contribution < 1.29 is 23.8 Å². The molecule has 3 heterocycles. The molecular formula is C30H39N7O5. The van der Waals surface area contributed by atoms with Crippen LogP contribution in [-0.2, 0) is 20.8 Å². The van der Waals surface area contributed by atoms with Crippen molar-refractivity contribution >= 4 is 23.7 Å². The summed E-state index contributed by atoms with van der Waals surface area (Å²) >= 11 is 0. The fraction of sp³-hybridized carbons (Fsp3) is 0.467. The van der Waals surface area contributed by atoms with Gasteiger partial charge >= 0.3 is 12.1 Å². The molecule has 0 bridgehead atoms.